The lowest BCUT2D eigenvalue weighted by atomic mass is 10.0. The van der Waals surface area contributed by atoms with Crippen LogP contribution in [0, 0.1) is 0 Å². The molecule has 0 saturated heterocycles. The van der Waals surface area contributed by atoms with Crippen molar-refractivity contribution in [3.05, 3.63) is 48.1 Å². The molecule has 1 atom stereocenters. The third-order valence-corrected chi connectivity index (χ3v) is 2.74. The van der Waals surface area contributed by atoms with Gasteiger partial charge >= 0.3 is 0 Å². The Hall–Kier alpha value is -1.68. The van der Waals surface area contributed by atoms with Gasteiger partial charge in [0, 0.05) is 19.5 Å². The maximum absolute atomic E-state index is 4.92. The van der Waals surface area contributed by atoms with Crippen LogP contribution >= 0.6 is 0 Å². The summed E-state index contributed by atoms with van der Waals surface area (Å²) in [6.45, 7) is 4.03. The highest BCUT2D eigenvalue weighted by Crippen LogP contribution is 2.12. The maximum Gasteiger partial charge on any atom is 0.227 e. The van der Waals surface area contributed by atoms with E-state index >= 15 is 0 Å². The van der Waals surface area contributed by atoms with Crippen LogP contribution in [0.1, 0.15) is 24.3 Å². The first-order valence-corrected chi connectivity index (χ1v) is 5.87. The summed E-state index contributed by atoms with van der Waals surface area (Å²) in [7, 11) is 0. The zero-order valence-electron chi connectivity index (χ0n) is 9.97. The molecule has 0 aliphatic carbocycles. The molecule has 1 aromatic heterocycles. The van der Waals surface area contributed by atoms with E-state index in [1.807, 2.05) is 6.07 Å². The molecule has 17 heavy (non-hydrogen) atoms. The average Bonchev–Trinajstić information content (AvgIpc) is 2.88. The third kappa shape index (κ3) is 3.67. The Kier molecular flexibility index (Phi) is 4.27. The molecule has 0 bridgehead atoms. The van der Waals surface area contributed by atoms with Crippen LogP contribution in [-0.2, 0) is 6.42 Å². The second kappa shape index (κ2) is 6.15. The smallest absolute Gasteiger partial charge is 0.227 e. The summed E-state index contributed by atoms with van der Waals surface area (Å²) in [4.78, 5) is 3.97. The van der Waals surface area contributed by atoms with Crippen LogP contribution in [-0.4, -0.2) is 23.2 Å². The minimum Gasteiger partial charge on any atom is -0.340 e. The lowest BCUT2D eigenvalue weighted by Gasteiger charge is -2.12. The molecule has 0 aliphatic heterocycles. The summed E-state index contributed by atoms with van der Waals surface area (Å²) in [5.74, 6) is 1.20. The number of rotatable bonds is 6. The number of hydrogen-bond acceptors (Lipinski definition) is 4. The first kappa shape index (κ1) is 11.8. The minimum atomic E-state index is 0.513. The fourth-order valence-electron chi connectivity index (χ4n) is 1.72. The molecule has 0 amide bonds. The molecular weight excluding hydrogens is 214 g/mol. The van der Waals surface area contributed by atoms with Crippen molar-refractivity contribution in [2.75, 3.05) is 13.1 Å². The van der Waals surface area contributed by atoms with Crippen molar-refractivity contribution in [1.29, 1.82) is 0 Å². The van der Waals surface area contributed by atoms with E-state index < -0.39 is 0 Å². The van der Waals surface area contributed by atoms with Gasteiger partial charge < -0.3 is 9.84 Å². The van der Waals surface area contributed by atoms with Gasteiger partial charge in [0.1, 0.15) is 0 Å². The van der Waals surface area contributed by atoms with Gasteiger partial charge in [-0.15, -0.1) is 0 Å². The second-order valence-electron chi connectivity index (χ2n) is 4.10. The highest BCUT2D eigenvalue weighted by molar-refractivity contribution is 5.18. The quantitative estimate of drug-likeness (QED) is 0.773. The molecule has 1 unspecified atom stereocenters. The van der Waals surface area contributed by atoms with Gasteiger partial charge in [0.2, 0.25) is 5.89 Å². The topological polar surface area (TPSA) is 51.0 Å². The van der Waals surface area contributed by atoms with E-state index in [4.69, 9.17) is 4.52 Å². The second-order valence-corrected chi connectivity index (χ2v) is 4.10. The van der Waals surface area contributed by atoms with Gasteiger partial charge in [-0.25, -0.2) is 0 Å². The summed E-state index contributed by atoms with van der Waals surface area (Å²) < 4.78 is 4.92. The molecule has 4 nitrogen and oxygen atoms in total. The molecule has 1 aromatic carbocycles. The van der Waals surface area contributed by atoms with Gasteiger partial charge in [0.25, 0.3) is 0 Å². The van der Waals surface area contributed by atoms with E-state index in [1.54, 1.807) is 0 Å². The Labute approximate surface area is 101 Å². The molecule has 0 saturated carbocycles. The third-order valence-electron chi connectivity index (χ3n) is 2.74. The molecule has 0 fully saturated rings. The largest absolute Gasteiger partial charge is 0.340 e. The summed E-state index contributed by atoms with van der Waals surface area (Å²) in [5.41, 5.74) is 1.36. The van der Waals surface area contributed by atoms with E-state index in [0.717, 1.165) is 19.5 Å². The predicted molar refractivity (Wildman–Crippen MR) is 65.7 cm³/mol. The summed E-state index contributed by atoms with van der Waals surface area (Å²) in [5, 5.41) is 6.96. The minimum absolute atomic E-state index is 0.513. The van der Waals surface area contributed by atoms with Crippen LogP contribution in [0.2, 0.25) is 0 Å². The van der Waals surface area contributed by atoms with Crippen molar-refractivity contribution in [1.82, 2.24) is 15.5 Å². The molecule has 4 heteroatoms. The van der Waals surface area contributed by atoms with Gasteiger partial charge in [-0.05, 0) is 11.5 Å². The lowest BCUT2D eigenvalue weighted by Crippen LogP contribution is -2.22. The van der Waals surface area contributed by atoms with Crippen molar-refractivity contribution in [3.63, 3.8) is 0 Å². The Morgan fingerprint density at radius 2 is 2.12 bits per heavy atom. The number of nitrogens with zero attached hydrogens (tertiary/aromatic N) is 2. The molecule has 1 heterocycles. The first-order chi connectivity index (χ1) is 8.36. The van der Waals surface area contributed by atoms with Crippen molar-refractivity contribution >= 4 is 0 Å². The molecular formula is C13H17N3O. The average molecular weight is 231 g/mol. The monoisotopic (exact) mass is 231 g/mol. The Balaban J connectivity index is 1.68. The standard InChI is InChI=1S/C13H17N3O/c1-11(12-5-3-2-4-6-12)9-14-8-7-13-15-10-16-17-13/h2-6,10-11,14H,7-9H2,1H3. The summed E-state index contributed by atoms with van der Waals surface area (Å²) in [6.07, 6.45) is 2.21. The van der Waals surface area contributed by atoms with Crippen molar-refractivity contribution in [2.45, 2.75) is 19.3 Å². The maximum atomic E-state index is 4.92. The van der Waals surface area contributed by atoms with E-state index in [9.17, 15) is 0 Å². The van der Waals surface area contributed by atoms with Crippen LogP contribution in [0.15, 0.2) is 41.2 Å². The highest BCUT2D eigenvalue weighted by Gasteiger charge is 2.04. The van der Waals surface area contributed by atoms with Crippen LogP contribution in [0.3, 0.4) is 0 Å². The van der Waals surface area contributed by atoms with Gasteiger partial charge in [0.05, 0.1) is 0 Å². The molecule has 0 aliphatic rings. The molecule has 90 valence electrons. The SMILES string of the molecule is CC(CNCCc1ncno1)c1ccccc1. The number of nitrogens with one attached hydrogen (secondary N) is 1. The molecule has 0 radical (unpaired) electrons. The van der Waals surface area contributed by atoms with Crippen LogP contribution < -0.4 is 5.32 Å². The highest BCUT2D eigenvalue weighted by atomic mass is 16.5. The molecule has 1 N–H and O–H groups in total. The fourth-order valence-corrected chi connectivity index (χ4v) is 1.72. The van der Waals surface area contributed by atoms with Gasteiger partial charge in [0.15, 0.2) is 6.33 Å². The number of hydrogen-bond donors (Lipinski definition) is 1. The van der Waals surface area contributed by atoms with E-state index in [1.165, 1.54) is 11.9 Å². The van der Waals surface area contributed by atoms with Crippen molar-refractivity contribution in [3.8, 4) is 0 Å². The zero-order chi connectivity index (χ0) is 11.9. The summed E-state index contributed by atoms with van der Waals surface area (Å²) in [6, 6.07) is 10.5. The predicted octanol–water partition coefficient (Wildman–Crippen LogP) is 2.01. The Bertz CT molecular complexity index is 413. The van der Waals surface area contributed by atoms with Crippen molar-refractivity contribution in [2.24, 2.45) is 0 Å². The summed E-state index contributed by atoms with van der Waals surface area (Å²) >= 11 is 0. The van der Waals surface area contributed by atoms with Crippen molar-refractivity contribution < 1.29 is 4.52 Å². The fraction of sp³-hybridized carbons (Fsp3) is 0.385. The zero-order valence-corrected chi connectivity index (χ0v) is 9.97. The number of aromatic nitrogens is 2. The van der Waals surface area contributed by atoms with Crippen LogP contribution in [0.4, 0.5) is 0 Å². The number of benzene rings is 1. The van der Waals surface area contributed by atoms with Gasteiger partial charge in [-0.2, -0.15) is 4.98 Å². The lowest BCUT2D eigenvalue weighted by molar-refractivity contribution is 0.374. The van der Waals surface area contributed by atoms with Gasteiger partial charge in [-0.3, -0.25) is 0 Å². The normalized spacial score (nSPS) is 12.5. The van der Waals surface area contributed by atoms with Gasteiger partial charge in [-0.1, -0.05) is 42.4 Å². The Morgan fingerprint density at radius 3 is 2.82 bits per heavy atom. The van der Waals surface area contributed by atoms with E-state index in [0.29, 0.717) is 11.8 Å². The van der Waals surface area contributed by atoms with E-state index in [2.05, 4.69) is 46.6 Å². The van der Waals surface area contributed by atoms with Crippen LogP contribution in [0.5, 0.6) is 0 Å². The molecule has 2 aromatic rings. The first-order valence-electron chi connectivity index (χ1n) is 5.87. The molecule has 0 spiro atoms. The molecule has 2 rings (SSSR count). The Morgan fingerprint density at radius 1 is 1.29 bits per heavy atom. The van der Waals surface area contributed by atoms with E-state index in [-0.39, 0.29) is 0 Å². The van der Waals surface area contributed by atoms with Crippen LogP contribution in [0.25, 0.3) is 0 Å².